The Morgan fingerprint density at radius 1 is 1.26 bits per heavy atom. The molecular formula is C14H14F3N5O. The van der Waals surface area contributed by atoms with Crippen LogP contribution in [0.3, 0.4) is 0 Å². The molecule has 2 aromatic heterocycles. The predicted octanol–water partition coefficient (Wildman–Crippen LogP) is 2.35. The summed E-state index contributed by atoms with van der Waals surface area (Å²) in [5.41, 5.74) is -0.531. The van der Waals surface area contributed by atoms with Crippen molar-refractivity contribution in [1.29, 1.82) is 0 Å². The van der Waals surface area contributed by atoms with Crippen molar-refractivity contribution in [2.45, 2.75) is 12.6 Å². The van der Waals surface area contributed by atoms with Crippen molar-refractivity contribution in [2.24, 2.45) is 0 Å². The monoisotopic (exact) mass is 325 g/mol. The Labute approximate surface area is 130 Å². The van der Waals surface area contributed by atoms with Gasteiger partial charge >= 0.3 is 6.18 Å². The Morgan fingerprint density at radius 3 is 2.96 bits per heavy atom. The van der Waals surface area contributed by atoms with Gasteiger partial charge in [0, 0.05) is 18.7 Å². The summed E-state index contributed by atoms with van der Waals surface area (Å²) in [5, 5.41) is 6.12. The lowest BCUT2D eigenvalue weighted by molar-refractivity contribution is -0.141. The number of fused-ring (bicyclic) bond motifs is 1. The summed E-state index contributed by atoms with van der Waals surface area (Å²) >= 11 is 0. The average molecular weight is 325 g/mol. The van der Waals surface area contributed by atoms with Gasteiger partial charge in [0.15, 0.2) is 11.6 Å². The first-order valence-corrected chi connectivity index (χ1v) is 7.03. The van der Waals surface area contributed by atoms with Gasteiger partial charge in [-0.15, -0.1) is 0 Å². The highest BCUT2D eigenvalue weighted by Gasteiger charge is 2.32. The zero-order chi connectivity index (χ0) is 16.3. The Kier molecular flexibility index (Phi) is 4.18. The molecule has 1 aliphatic heterocycles. The fourth-order valence-corrected chi connectivity index (χ4v) is 2.17. The second-order valence-electron chi connectivity index (χ2n) is 4.86. The molecule has 0 fully saturated rings. The van der Waals surface area contributed by atoms with Crippen LogP contribution in [0.5, 0.6) is 5.75 Å². The summed E-state index contributed by atoms with van der Waals surface area (Å²) in [6.07, 6.45) is -2.71. The van der Waals surface area contributed by atoms with Gasteiger partial charge < -0.3 is 15.4 Å². The zero-order valence-electron chi connectivity index (χ0n) is 12.0. The van der Waals surface area contributed by atoms with Gasteiger partial charge in [-0.2, -0.15) is 13.2 Å². The molecular weight excluding hydrogens is 311 g/mol. The molecule has 0 unspecified atom stereocenters. The van der Waals surface area contributed by atoms with E-state index in [9.17, 15) is 13.2 Å². The van der Waals surface area contributed by atoms with Gasteiger partial charge in [0.1, 0.15) is 18.6 Å². The van der Waals surface area contributed by atoms with Crippen LogP contribution >= 0.6 is 0 Å². The minimum absolute atomic E-state index is 0.329. The molecule has 0 radical (unpaired) electrons. The number of hydrogen-bond donors (Lipinski definition) is 2. The van der Waals surface area contributed by atoms with E-state index in [1.54, 1.807) is 6.07 Å². The molecule has 0 atom stereocenters. The minimum Gasteiger partial charge on any atom is -0.485 e. The minimum atomic E-state index is -4.44. The van der Waals surface area contributed by atoms with E-state index >= 15 is 0 Å². The molecule has 23 heavy (non-hydrogen) atoms. The topological polar surface area (TPSA) is 72.0 Å². The predicted molar refractivity (Wildman–Crippen MR) is 77.4 cm³/mol. The highest BCUT2D eigenvalue weighted by atomic mass is 19.4. The fraction of sp³-hybridized carbons (Fsp3) is 0.357. The molecule has 3 heterocycles. The summed E-state index contributed by atoms with van der Waals surface area (Å²) in [5.74, 6) is 1.64. The van der Waals surface area contributed by atoms with Gasteiger partial charge in [0.25, 0.3) is 0 Å². The maximum absolute atomic E-state index is 12.6. The fourth-order valence-electron chi connectivity index (χ4n) is 2.17. The number of ether oxygens (including phenoxy) is 1. The van der Waals surface area contributed by atoms with E-state index in [-0.39, 0.29) is 0 Å². The van der Waals surface area contributed by atoms with Gasteiger partial charge in [-0.05, 0) is 12.1 Å². The molecule has 6 nitrogen and oxygen atoms in total. The van der Waals surface area contributed by atoms with Crippen molar-refractivity contribution in [3.63, 3.8) is 0 Å². The molecule has 0 amide bonds. The normalized spacial score (nSPS) is 13.7. The molecule has 3 rings (SSSR count). The van der Waals surface area contributed by atoms with Crippen molar-refractivity contribution in [1.82, 2.24) is 15.0 Å². The number of hydrogen-bond acceptors (Lipinski definition) is 6. The number of anilines is 2. The first-order valence-electron chi connectivity index (χ1n) is 7.03. The smallest absolute Gasteiger partial charge is 0.433 e. The second kappa shape index (κ2) is 6.27. The summed E-state index contributed by atoms with van der Waals surface area (Å²) < 4.78 is 43.4. The Morgan fingerprint density at radius 2 is 2.13 bits per heavy atom. The van der Waals surface area contributed by atoms with Crippen molar-refractivity contribution in [3.05, 3.63) is 35.9 Å². The van der Waals surface area contributed by atoms with E-state index in [0.717, 1.165) is 6.07 Å². The van der Waals surface area contributed by atoms with Crippen molar-refractivity contribution < 1.29 is 17.9 Å². The molecule has 2 N–H and O–H groups in total. The number of alkyl halides is 3. The number of pyridine rings is 1. The number of nitrogens with zero attached hydrogens (tertiary/aromatic N) is 3. The van der Waals surface area contributed by atoms with Crippen LogP contribution in [0, 0.1) is 0 Å². The summed E-state index contributed by atoms with van der Waals surface area (Å²) in [7, 11) is 0. The number of aromatic nitrogens is 3. The van der Waals surface area contributed by atoms with E-state index in [1.807, 2.05) is 0 Å². The zero-order valence-corrected chi connectivity index (χ0v) is 12.0. The van der Waals surface area contributed by atoms with Gasteiger partial charge in [-0.3, -0.25) is 0 Å². The molecule has 2 aromatic rings. The molecule has 0 spiro atoms. The standard InChI is InChI=1S/C14H14F3N5O/c15-14(16,17)10-3-1-2-9(22-10)4-5-18-12-11-13(21-8-20-12)19-6-7-23-11/h1-3,8H,4-7H2,(H2,18,19,20,21). The lowest BCUT2D eigenvalue weighted by Crippen LogP contribution is -2.21. The summed E-state index contributed by atoms with van der Waals surface area (Å²) in [6.45, 7) is 1.54. The van der Waals surface area contributed by atoms with Gasteiger partial charge in [0.2, 0.25) is 5.75 Å². The molecule has 122 valence electrons. The lowest BCUT2D eigenvalue weighted by Gasteiger charge is -2.20. The Balaban J connectivity index is 1.64. The van der Waals surface area contributed by atoms with Gasteiger partial charge in [-0.1, -0.05) is 6.07 Å². The summed E-state index contributed by atoms with van der Waals surface area (Å²) in [6, 6.07) is 3.87. The van der Waals surface area contributed by atoms with Crippen LogP contribution in [-0.4, -0.2) is 34.6 Å². The molecule has 0 bridgehead atoms. The van der Waals surface area contributed by atoms with E-state index in [0.29, 0.717) is 49.2 Å². The van der Waals surface area contributed by atoms with E-state index in [2.05, 4.69) is 25.6 Å². The summed E-state index contributed by atoms with van der Waals surface area (Å²) in [4.78, 5) is 11.8. The Hall–Kier alpha value is -2.58. The molecule has 0 aromatic carbocycles. The third-order valence-electron chi connectivity index (χ3n) is 3.22. The first kappa shape index (κ1) is 15.3. The molecule has 0 saturated heterocycles. The highest BCUT2D eigenvalue weighted by Crippen LogP contribution is 2.31. The van der Waals surface area contributed by atoms with Gasteiger partial charge in [-0.25, -0.2) is 15.0 Å². The second-order valence-corrected chi connectivity index (χ2v) is 4.86. The lowest BCUT2D eigenvalue weighted by atomic mass is 10.2. The van der Waals surface area contributed by atoms with Gasteiger partial charge in [0.05, 0.1) is 6.54 Å². The molecule has 9 heteroatoms. The van der Waals surface area contributed by atoms with Crippen LogP contribution in [0.2, 0.25) is 0 Å². The van der Waals surface area contributed by atoms with Crippen LogP contribution in [0.25, 0.3) is 0 Å². The largest absolute Gasteiger partial charge is 0.485 e. The molecule has 0 saturated carbocycles. The number of nitrogens with one attached hydrogen (secondary N) is 2. The van der Waals surface area contributed by atoms with Crippen molar-refractivity contribution in [3.8, 4) is 5.75 Å². The SMILES string of the molecule is FC(F)(F)c1cccc(CCNc2ncnc3c2OCCN3)n1. The van der Waals surface area contributed by atoms with Crippen molar-refractivity contribution >= 4 is 11.6 Å². The number of rotatable bonds is 4. The van der Waals surface area contributed by atoms with E-state index < -0.39 is 11.9 Å². The maximum atomic E-state index is 12.6. The van der Waals surface area contributed by atoms with Crippen LogP contribution in [0.4, 0.5) is 24.8 Å². The molecule has 0 aliphatic carbocycles. The quantitative estimate of drug-likeness (QED) is 0.899. The van der Waals surface area contributed by atoms with E-state index in [4.69, 9.17) is 4.74 Å². The third kappa shape index (κ3) is 3.61. The Bertz CT molecular complexity index is 692. The van der Waals surface area contributed by atoms with Crippen molar-refractivity contribution in [2.75, 3.05) is 30.3 Å². The molecule has 1 aliphatic rings. The van der Waals surface area contributed by atoms with E-state index in [1.165, 1.54) is 12.4 Å². The highest BCUT2D eigenvalue weighted by molar-refractivity contribution is 5.64. The van der Waals surface area contributed by atoms with Crippen LogP contribution in [0.1, 0.15) is 11.4 Å². The van der Waals surface area contributed by atoms with Crippen LogP contribution < -0.4 is 15.4 Å². The average Bonchev–Trinajstić information content (AvgIpc) is 2.55. The van der Waals surface area contributed by atoms with Crippen LogP contribution in [-0.2, 0) is 12.6 Å². The third-order valence-corrected chi connectivity index (χ3v) is 3.22. The number of halogens is 3. The van der Waals surface area contributed by atoms with Crippen LogP contribution in [0.15, 0.2) is 24.5 Å². The first-order chi connectivity index (χ1) is 11.0. The maximum Gasteiger partial charge on any atom is 0.433 e.